The highest BCUT2D eigenvalue weighted by Gasteiger charge is 2.24. The number of amides is 1. The molecule has 2 N–H and O–H groups in total. The molecule has 1 saturated heterocycles. The first kappa shape index (κ1) is 25.5. The SMILES string of the molecule is CCCN1CCC(CNC(=NC)N(C)CCC(NC(=O)OC(C)(C)C)C(C)C)C1. The number of carbonyl (C=O) groups excluding carboxylic acids is 1. The van der Waals surface area contributed by atoms with Crippen molar-refractivity contribution >= 4 is 12.1 Å². The number of hydrogen-bond acceptors (Lipinski definition) is 4. The van der Waals surface area contributed by atoms with Gasteiger partial charge in [-0.25, -0.2) is 4.79 Å². The molecule has 1 rings (SSSR count). The van der Waals surface area contributed by atoms with Gasteiger partial charge in [-0.2, -0.15) is 0 Å². The van der Waals surface area contributed by atoms with Crippen molar-refractivity contribution < 1.29 is 9.53 Å². The van der Waals surface area contributed by atoms with Gasteiger partial charge in [-0.05, 0) is 65.0 Å². The number of likely N-dealkylation sites (tertiary alicyclic amines) is 1. The Bertz CT molecular complexity index is 516. The maximum absolute atomic E-state index is 12.1. The molecule has 1 amide bonds. The third-order valence-electron chi connectivity index (χ3n) is 5.31. The fraction of sp³-hybridized carbons (Fsp3) is 0.909. The van der Waals surface area contributed by atoms with Crippen molar-refractivity contribution in [2.75, 3.05) is 46.8 Å². The van der Waals surface area contributed by atoms with Gasteiger partial charge in [0.2, 0.25) is 0 Å². The van der Waals surface area contributed by atoms with Gasteiger partial charge in [0.05, 0.1) is 0 Å². The Balaban J connectivity index is 2.45. The van der Waals surface area contributed by atoms with E-state index in [1.54, 1.807) is 0 Å². The van der Waals surface area contributed by atoms with Crippen molar-refractivity contribution in [3.8, 4) is 0 Å². The molecule has 0 saturated carbocycles. The summed E-state index contributed by atoms with van der Waals surface area (Å²) in [4.78, 5) is 21.3. The third-order valence-corrected chi connectivity index (χ3v) is 5.31. The molecular formula is C22H45N5O2. The van der Waals surface area contributed by atoms with E-state index in [0.29, 0.717) is 11.8 Å². The van der Waals surface area contributed by atoms with Crippen LogP contribution in [0, 0.1) is 11.8 Å². The standard InChI is InChI=1S/C22H45N5O2/c1-9-12-27-14-10-18(16-27)15-24-20(23-7)26(8)13-11-19(17(2)3)25-21(28)29-22(4,5)6/h17-19H,9-16H2,1-8H3,(H,23,24)(H,25,28). The van der Waals surface area contributed by atoms with Crippen LogP contribution in [0.5, 0.6) is 0 Å². The van der Waals surface area contributed by atoms with Crippen LogP contribution in [0.1, 0.15) is 60.8 Å². The summed E-state index contributed by atoms with van der Waals surface area (Å²) < 4.78 is 5.41. The molecule has 0 bridgehead atoms. The molecule has 0 spiro atoms. The zero-order valence-corrected chi connectivity index (χ0v) is 20.0. The van der Waals surface area contributed by atoms with Crippen LogP contribution in [0.25, 0.3) is 0 Å². The first-order valence-corrected chi connectivity index (χ1v) is 11.2. The molecule has 1 aliphatic heterocycles. The highest BCUT2D eigenvalue weighted by atomic mass is 16.6. The number of hydrogen-bond donors (Lipinski definition) is 2. The van der Waals surface area contributed by atoms with Gasteiger partial charge in [0.1, 0.15) is 5.60 Å². The van der Waals surface area contributed by atoms with Crippen molar-refractivity contribution in [1.82, 2.24) is 20.4 Å². The lowest BCUT2D eigenvalue weighted by Crippen LogP contribution is -2.46. The van der Waals surface area contributed by atoms with Gasteiger partial charge in [-0.3, -0.25) is 4.99 Å². The molecular weight excluding hydrogens is 366 g/mol. The Kier molecular flexibility index (Phi) is 10.8. The lowest BCUT2D eigenvalue weighted by Gasteiger charge is -2.29. The molecule has 7 nitrogen and oxygen atoms in total. The van der Waals surface area contributed by atoms with Crippen molar-refractivity contribution in [2.24, 2.45) is 16.8 Å². The highest BCUT2D eigenvalue weighted by Crippen LogP contribution is 2.15. The molecule has 0 aromatic carbocycles. The Labute approximate surface area is 178 Å². The van der Waals surface area contributed by atoms with Gasteiger partial charge in [0.15, 0.2) is 5.96 Å². The van der Waals surface area contributed by atoms with E-state index in [0.717, 1.165) is 25.5 Å². The maximum Gasteiger partial charge on any atom is 0.407 e. The fourth-order valence-corrected chi connectivity index (χ4v) is 3.69. The van der Waals surface area contributed by atoms with Crippen LogP contribution in [-0.2, 0) is 4.74 Å². The number of nitrogens with zero attached hydrogens (tertiary/aromatic N) is 3. The second kappa shape index (κ2) is 12.3. The van der Waals surface area contributed by atoms with Crippen molar-refractivity contribution in [2.45, 2.75) is 72.4 Å². The average molecular weight is 412 g/mol. The predicted molar refractivity (Wildman–Crippen MR) is 121 cm³/mol. The number of rotatable bonds is 9. The number of nitrogens with one attached hydrogen (secondary N) is 2. The number of alkyl carbamates (subject to hydrolysis) is 1. The highest BCUT2D eigenvalue weighted by molar-refractivity contribution is 5.79. The zero-order chi connectivity index (χ0) is 22.0. The van der Waals surface area contributed by atoms with E-state index < -0.39 is 5.60 Å². The summed E-state index contributed by atoms with van der Waals surface area (Å²) in [5.41, 5.74) is -0.485. The fourth-order valence-electron chi connectivity index (χ4n) is 3.69. The minimum atomic E-state index is -0.485. The molecule has 0 radical (unpaired) electrons. The molecule has 170 valence electrons. The molecule has 2 unspecified atom stereocenters. The quantitative estimate of drug-likeness (QED) is 0.450. The Hall–Kier alpha value is -1.50. The van der Waals surface area contributed by atoms with Crippen LogP contribution in [0.4, 0.5) is 4.79 Å². The lowest BCUT2D eigenvalue weighted by molar-refractivity contribution is 0.0486. The van der Waals surface area contributed by atoms with Gasteiger partial charge in [-0.1, -0.05) is 20.8 Å². The van der Waals surface area contributed by atoms with Gasteiger partial charge in [0, 0.05) is 39.8 Å². The molecule has 0 aliphatic carbocycles. The molecule has 0 aromatic heterocycles. The van der Waals surface area contributed by atoms with Crippen LogP contribution in [0.15, 0.2) is 4.99 Å². The normalized spacial score (nSPS) is 19.3. The predicted octanol–water partition coefficient (Wildman–Crippen LogP) is 3.16. The van der Waals surface area contributed by atoms with Crippen LogP contribution in [-0.4, -0.2) is 80.3 Å². The van der Waals surface area contributed by atoms with Crippen LogP contribution >= 0.6 is 0 Å². The summed E-state index contributed by atoms with van der Waals surface area (Å²) in [7, 11) is 3.88. The smallest absolute Gasteiger partial charge is 0.407 e. The van der Waals surface area contributed by atoms with E-state index in [9.17, 15) is 4.79 Å². The Morgan fingerprint density at radius 2 is 2.03 bits per heavy atom. The molecule has 1 fully saturated rings. The summed E-state index contributed by atoms with van der Waals surface area (Å²) in [5, 5.41) is 6.56. The summed E-state index contributed by atoms with van der Waals surface area (Å²) in [5.74, 6) is 1.93. The third kappa shape index (κ3) is 10.2. The van der Waals surface area contributed by atoms with Crippen molar-refractivity contribution in [3.63, 3.8) is 0 Å². The van der Waals surface area contributed by atoms with E-state index in [2.05, 4.69) is 53.2 Å². The summed E-state index contributed by atoms with van der Waals surface area (Å²) >= 11 is 0. The van der Waals surface area contributed by atoms with Gasteiger partial charge in [0.25, 0.3) is 0 Å². The molecule has 7 heteroatoms. The lowest BCUT2D eigenvalue weighted by atomic mass is 10.0. The van der Waals surface area contributed by atoms with Crippen molar-refractivity contribution in [3.05, 3.63) is 0 Å². The minimum absolute atomic E-state index is 0.0582. The van der Waals surface area contributed by atoms with Crippen LogP contribution < -0.4 is 10.6 Å². The van der Waals surface area contributed by atoms with Crippen LogP contribution in [0.3, 0.4) is 0 Å². The van der Waals surface area contributed by atoms with E-state index in [-0.39, 0.29) is 12.1 Å². The topological polar surface area (TPSA) is 69.2 Å². The summed E-state index contributed by atoms with van der Waals surface area (Å²) in [6.45, 7) is 17.5. The van der Waals surface area contributed by atoms with Gasteiger partial charge in [-0.15, -0.1) is 0 Å². The average Bonchev–Trinajstić information content (AvgIpc) is 3.05. The van der Waals surface area contributed by atoms with Gasteiger partial charge < -0.3 is 25.2 Å². The monoisotopic (exact) mass is 411 g/mol. The Morgan fingerprint density at radius 1 is 1.34 bits per heavy atom. The molecule has 2 atom stereocenters. The maximum atomic E-state index is 12.1. The second-order valence-electron chi connectivity index (χ2n) is 9.59. The largest absolute Gasteiger partial charge is 0.444 e. The Morgan fingerprint density at radius 3 is 2.59 bits per heavy atom. The van der Waals surface area contributed by atoms with E-state index in [4.69, 9.17) is 4.74 Å². The molecule has 1 heterocycles. The van der Waals surface area contributed by atoms with Crippen LogP contribution in [0.2, 0.25) is 0 Å². The van der Waals surface area contributed by atoms with Crippen molar-refractivity contribution in [1.29, 1.82) is 0 Å². The first-order valence-electron chi connectivity index (χ1n) is 11.2. The zero-order valence-electron chi connectivity index (χ0n) is 20.0. The second-order valence-corrected chi connectivity index (χ2v) is 9.59. The van der Waals surface area contributed by atoms with E-state index >= 15 is 0 Å². The summed E-state index contributed by atoms with van der Waals surface area (Å²) in [6, 6.07) is 0.0582. The molecule has 1 aliphatic rings. The summed E-state index contributed by atoms with van der Waals surface area (Å²) in [6.07, 6.45) is 2.96. The van der Waals surface area contributed by atoms with Gasteiger partial charge >= 0.3 is 6.09 Å². The number of ether oxygens (including phenoxy) is 1. The molecule has 29 heavy (non-hydrogen) atoms. The first-order chi connectivity index (χ1) is 13.6. The minimum Gasteiger partial charge on any atom is -0.444 e. The van der Waals surface area contributed by atoms with E-state index in [1.807, 2.05) is 27.8 Å². The number of carbonyl (C=O) groups is 1. The molecule has 0 aromatic rings. The number of aliphatic imine (C=N–C) groups is 1. The van der Waals surface area contributed by atoms with E-state index in [1.165, 1.54) is 32.5 Å². The number of guanidine groups is 1.